The fraction of sp³-hybridized carbons (Fsp3) is 0.200. The van der Waals surface area contributed by atoms with Crippen LogP contribution in [-0.4, -0.2) is 32.2 Å². The maximum Gasteiger partial charge on any atom is 0.267 e. The van der Waals surface area contributed by atoms with Crippen LogP contribution in [0.3, 0.4) is 0 Å². The highest BCUT2D eigenvalue weighted by molar-refractivity contribution is 6.42. The zero-order valence-electron chi connectivity index (χ0n) is 14.9. The summed E-state index contributed by atoms with van der Waals surface area (Å²) in [6.45, 7) is 2.90. The Morgan fingerprint density at radius 2 is 1.89 bits per heavy atom. The fourth-order valence-corrected chi connectivity index (χ4v) is 3.04. The van der Waals surface area contributed by atoms with E-state index >= 15 is 0 Å². The van der Waals surface area contributed by atoms with Gasteiger partial charge in [-0.2, -0.15) is 5.26 Å². The van der Waals surface area contributed by atoms with Gasteiger partial charge in [-0.3, -0.25) is 4.79 Å². The lowest BCUT2D eigenvalue weighted by atomic mass is 10.2. The topological polar surface area (TPSA) is 77.4 Å². The van der Waals surface area contributed by atoms with Crippen molar-refractivity contribution in [1.82, 2.24) is 0 Å². The zero-order chi connectivity index (χ0) is 19.9. The van der Waals surface area contributed by atoms with E-state index in [-0.39, 0.29) is 5.57 Å². The van der Waals surface area contributed by atoms with Gasteiger partial charge in [-0.15, -0.1) is 0 Å². The van der Waals surface area contributed by atoms with Crippen molar-refractivity contribution in [2.24, 2.45) is 0 Å². The van der Waals surface area contributed by atoms with E-state index in [2.05, 4.69) is 15.5 Å². The first-order valence-corrected chi connectivity index (χ1v) is 9.39. The molecule has 8 heteroatoms. The van der Waals surface area contributed by atoms with Crippen molar-refractivity contribution >= 4 is 46.2 Å². The number of benzene rings is 2. The van der Waals surface area contributed by atoms with E-state index in [4.69, 9.17) is 27.9 Å². The average molecular weight is 417 g/mol. The number of ether oxygens (including phenoxy) is 1. The molecule has 1 aliphatic heterocycles. The maximum absolute atomic E-state index is 12.4. The minimum Gasteiger partial charge on any atom is -0.378 e. The Labute approximate surface area is 173 Å². The van der Waals surface area contributed by atoms with Gasteiger partial charge in [0.1, 0.15) is 11.6 Å². The molecule has 0 aliphatic carbocycles. The third kappa shape index (κ3) is 4.96. The summed E-state index contributed by atoms with van der Waals surface area (Å²) < 4.78 is 5.39. The molecule has 1 aliphatic rings. The summed E-state index contributed by atoms with van der Waals surface area (Å²) >= 11 is 11.8. The molecule has 2 aromatic rings. The van der Waals surface area contributed by atoms with E-state index in [0.717, 1.165) is 24.5 Å². The van der Waals surface area contributed by atoms with Gasteiger partial charge in [0.25, 0.3) is 5.91 Å². The number of carbonyl (C=O) groups is 1. The second-order valence-corrected chi connectivity index (χ2v) is 6.83. The number of nitrogens with one attached hydrogen (secondary N) is 2. The van der Waals surface area contributed by atoms with Crippen LogP contribution in [0.2, 0.25) is 10.0 Å². The lowest BCUT2D eigenvalue weighted by Gasteiger charge is -2.30. The molecule has 2 aromatic carbocycles. The molecule has 1 heterocycles. The molecule has 0 saturated carbocycles. The predicted molar refractivity (Wildman–Crippen MR) is 112 cm³/mol. The van der Waals surface area contributed by atoms with Gasteiger partial charge in [0.2, 0.25) is 0 Å². The van der Waals surface area contributed by atoms with Gasteiger partial charge in [-0.05, 0) is 30.3 Å². The van der Waals surface area contributed by atoms with Crippen LogP contribution in [0.1, 0.15) is 0 Å². The molecule has 0 unspecified atom stereocenters. The quantitative estimate of drug-likeness (QED) is 0.561. The molecule has 144 valence electrons. The van der Waals surface area contributed by atoms with E-state index in [1.807, 2.05) is 30.3 Å². The van der Waals surface area contributed by atoms with Crippen LogP contribution in [0, 0.1) is 11.3 Å². The summed E-state index contributed by atoms with van der Waals surface area (Å²) in [5, 5.41) is 15.8. The summed E-state index contributed by atoms with van der Waals surface area (Å²) in [6.07, 6.45) is 1.39. The molecule has 3 rings (SSSR count). The van der Waals surface area contributed by atoms with Crippen molar-refractivity contribution in [3.8, 4) is 6.07 Å². The first kappa shape index (κ1) is 20.0. The van der Waals surface area contributed by atoms with Crippen LogP contribution < -0.4 is 15.5 Å². The molecule has 0 bridgehead atoms. The van der Waals surface area contributed by atoms with Crippen molar-refractivity contribution in [2.75, 3.05) is 41.8 Å². The molecule has 1 fully saturated rings. The molecule has 6 nitrogen and oxygen atoms in total. The zero-order valence-corrected chi connectivity index (χ0v) is 16.4. The van der Waals surface area contributed by atoms with Crippen LogP contribution in [0.5, 0.6) is 0 Å². The highest BCUT2D eigenvalue weighted by atomic mass is 35.5. The van der Waals surface area contributed by atoms with E-state index in [1.165, 1.54) is 12.3 Å². The Bertz CT molecular complexity index is 934. The minimum atomic E-state index is -0.544. The summed E-state index contributed by atoms with van der Waals surface area (Å²) in [6, 6.07) is 14.3. The van der Waals surface area contributed by atoms with Crippen molar-refractivity contribution in [1.29, 1.82) is 5.26 Å². The van der Waals surface area contributed by atoms with E-state index in [1.54, 1.807) is 12.1 Å². The number of amides is 1. The number of carbonyl (C=O) groups excluding carboxylic acids is 1. The highest BCUT2D eigenvalue weighted by Crippen LogP contribution is 2.27. The predicted octanol–water partition coefficient (Wildman–Crippen LogP) is 4.29. The summed E-state index contributed by atoms with van der Waals surface area (Å²) in [4.78, 5) is 14.6. The second-order valence-electron chi connectivity index (χ2n) is 6.01. The van der Waals surface area contributed by atoms with Crippen molar-refractivity contribution in [3.63, 3.8) is 0 Å². The van der Waals surface area contributed by atoms with E-state index in [0.29, 0.717) is 28.9 Å². The molecule has 2 N–H and O–H groups in total. The summed E-state index contributed by atoms with van der Waals surface area (Å²) in [5.74, 6) is -0.544. The number of hydrogen-bond donors (Lipinski definition) is 2. The Morgan fingerprint density at radius 3 is 2.61 bits per heavy atom. The van der Waals surface area contributed by atoms with Crippen LogP contribution in [-0.2, 0) is 9.53 Å². The van der Waals surface area contributed by atoms with Gasteiger partial charge in [0.15, 0.2) is 0 Å². The molecular formula is C20H18Cl2N4O2. The molecule has 28 heavy (non-hydrogen) atoms. The number of anilines is 3. The van der Waals surface area contributed by atoms with E-state index in [9.17, 15) is 10.1 Å². The maximum atomic E-state index is 12.4. The minimum absolute atomic E-state index is 0.0668. The standard InChI is InChI=1S/C20H18Cl2N4O2/c21-16-6-5-15(11-17(16)22)25-20(27)14(12-23)13-24-18-3-1-2-4-19(18)26-7-9-28-10-8-26/h1-6,11,13,24H,7-10H2,(H,25,27)/b14-13-. The van der Waals surface area contributed by atoms with Crippen molar-refractivity contribution < 1.29 is 9.53 Å². The SMILES string of the molecule is N#C/C(=C/Nc1ccccc1N1CCOCC1)C(=O)Nc1ccc(Cl)c(Cl)c1. The van der Waals surface area contributed by atoms with Crippen LogP contribution in [0.4, 0.5) is 17.1 Å². The van der Waals surface area contributed by atoms with Gasteiger partial charge >= 0.3 is 0 Å². The Balaban J connectivity index is 1.73. The van der Waals surface area contributed by atoms with Crippen LogP contribution >= 0.6 is 23.2 Å². The molecule has 0 aromatic heterocycles. The van der Waals surface area contributed by atoms with Crippen LogP contribution in [0.15, 0.2) is 54.2 Å². The Morgan fingerprint density at radius 1 is 1.14 bits per heavy atom. The molecule has 1 saturated heterocycles. The van der Waals surface area contributed by atoms with Gasteiger partial charge in [0, 0.05) is 25.0 Å². The first-order valence-electron chi connectivity index (χ1n) is 8.63. The third-order valence-electron chi connectivity index (χ3n) is 4.17. The lowest BCUT2D eigenvalue weighted by Crippen LogP contribution is -2.36. The molecule has 0 radical (unpaired) electrons. The third-order valence-corrected chi connectivity index (χ3v) is 4.91. The number of nitriles is 1. The molecule has 0 atom stereocenters. The Hall–Kier alpha value is -2.72. The van der Waals surface area contributed by atoms with Gasteiger partial charge in [-0.25, -0.2) is 0 Å². The molecule has 0 spiro atoms. The fourth-order valence-electron chi connectivity index (χ4n) is 2.75. The number of nitrogens with zero attached hydrogens (tertiary/aromatic N) is 2. The lowest BCUT2D eigenvalue weighted by molar-refractivity contribution is -0.112. The van der Waals surface area contributed by atoms with Crippen LogP contribution in [0.25, 0.3) is 0 Å². The average Bonchev–Trinajstić information content (AvgIpc) is 2.72. The Kier molecular flexibility index (Phi) is 6.77. The summed E-state index contributed by atoms with van der Waals surface area (Å²) in [5.41, 5.74) is 2.18. The largest absolute Gasteiger partial charge is 0.378 e. The van der Waals surface area contributed by atoms with Crippen molar-refractivity contribution in [2.45, 2.75) is 0 Å². The number of morpholine rings is 1. The number of para-hydroxylation sites is 2. The van der Waals surface area contributed by atoms with Gasteiger partial charge in [-0.1, -0.05) is 35.3 Å². The van der Waals surface area contributed by atoms with Gasteiger partial charge < -0.3 is 20.3 Å². The van der Waals surface area contributed by atoms with Crippen molar-refractivity contribution in [3.05, 3.63) is 64.3 Å². The molecular weight excluding hydrogens is 399 g/mol. The first-order chi connectivity index (χ1) is 13.6. The molecule has 1 amide bonds. The number of halogens is 2. The monoisotopic (exact) mass is 416 g/mol. The second kappa shape index (κ2) is 9.47. The van der Waals surface area contributed by atoms with E-state index < -0.39 is 5.91 Å². The van der Waals surface area contributed by atoms with Gasteiger partial charge in [0.05, 0.1) is 34.6 Å². The number of rotatable bonds is 5. The normalized spacial score (nSPS) is 14.3. The number of hydrogen-bond acceptors (Lipinski definition) is 5. The smallest absolute Gasteiger partial charge is 0.267 e. The highest BCUT2D eigenvalue weighted by Gasteiger charge is 2.15. The summed E-state index contributed by atoms with van der Waals surface area (Å²) in [7, 11) is 0.